The molecule has 0 unspecified atom stereocenters. The van der Waals surface area contributed by atoms with E-state index in [0.717, 1.165) is 11.6 Å². The zero-order valence-electron chi connectivity index (χ0n) is 14.4. The molecular weight excluding hydrogens is 386 g/mol. The lowest BCUT2D eigenvalue weighted by Gasteiger charge is -2.09. The Morgan fingerprint density at radius 2 is 1.82 bits per heavy atom. The smallest absolute Gasteiger partial charge is 0.252 e. The molecule has 3 nitrogen and oxygen atoms in total. The Hall–Kier alpha value is -3.18. The Morgan fingerprint density at radius 3 is 2.57 bits per heavy atom. The van der Waals surface area contributed by atoms with Gasteiger partial charge < -0.3 is 9.15 Å². The molecule has 140 valence electrons. The van der Waals surface area contributed by atoms with E-state index < -0.39 is 16.9 Å². The molecule has 1 aromatic heterocycles. The summed E-state index contributed by atoms with van der Waals surface area (Å²) in [4.78, 5) is 11.2. The molecule has 0 N–H and O–H groups in total. The first-order chi connectivity index (χ1) is 13.5. The minimum Gasteiger partial charge on any atom is -0.489 e. The number of furan rings is 1. The van der Waals surface area contributed by atoms with Gasteiger partial charge >= 0.3 is 0 Å². The van der Waals surface area contributed by atoms with Gasteiger partial charge in [-0.15, -0.1) is 0 Å². The van der Waals surface area contributed by atoms with E-state index in [-0.39, 0.29) is 17.6 Å². The van der Waals surface area contributed by atoms with Gasteiger partial charge in [-0.3, -0.25) is 4.79 Å². The molecule has 4 aromatic rings. The van der Waals surface area contributed by atoms with Gasteiger partial charge in [0.25, 0.3) is 5.24 Å². The maximum atomic E-state index is 13.9. The molecule has 0 fully saturated rings. The van der Waals surface area contributed by atoms with E-state index in [0.29, 0.717) is 22.4 Å². The molecule has 0 aliphatic carbocycles. The Kier molecular flexibility index (Phi) is 4.84. The van der Waals surface area contributed by atoms with Gasteiger partial charge in [0.1, 0.15) is 17.9 Å². The van der Waals surface area contributed by atoms with Crippen LogP contribution in [0, 0.1) is 11.6 Å². The number of ether oxygens (including phenoxy) is 1. The molecule has 0 spiro atoms. The summed E-state index contributed by atoms with van der Waals surface area (Å²) in [5.74, 6) is -1.27. The Bertz CT molecular complexity index is 1170. The predicted octanol–water partition coefficient (Wildman–Crippen LogP) is 6.34. The van der Waals surface area contributed by atoms with Gasteiger partial charge in [-0.25, -0.2) is 8.78 Å². The number of fused-ring (bicyclic) bond motifs is 1. The van der Waals surface area contributed by atoms with E-state index in [4.69, 9.17) is 20.8 Å². The van der Waals surface area contributed by atoms with Crippen molar-refractivity contribution in [2.45, 2.75) is 6.61 Å². The van der Waals surface area contributed by atoms with Crippen LogP contribution in [0.2, 0.25) is 0 Å². The number of benzene rings is 3. The minimum atomic E-state index is -0.932. The number of rotatable bonds is 5. The number of carbonyl (C=O) groups excluding carboxylic acids is 1. The van der Waals surface area contributed by atoms with Crippen LogP contribution in [0.15, 0.2) is 71.3 Å². The lowest BCUT2D eigenvalue weighted by Crippen LogP contribution is -1.97. The highest BCUT2D eigenvalue weighted by Gasteiger charge is 2.16. The van der Waals surface area contributed by atoms with Crippen LogP contribution < -0.4 is 4.74 Å². The van der Waals surface area contributed by atoms with E-state index in [1.54, 1.807) is 42.5 Å². The SMILES string of the molecule is O=C(Cl)c1cccc(COc2ccc(-c3cc(F)c(F)c4ccoc34)cc2)c1. The summed E-state index contributed by atoms with van der Waals surface area (Å²) < 4.78 is 38.8. The van der Waals surface area contributed by atoms with Crippen molar-refractivity contribution in [1.29, 1.82) is 0 Å². The highest BCUT2D eigenvalue weighted by Crippen LogP contribution is 2.33. The maximum Gasteiger partial charge on any atom is 0.252 e. The summed E-state index contributed by atoms with van der Waals surface area (Å²) in [6.07, 6.45) is 1.33. The summed E-state index contributed by atoms with van der Waals surface area (Å²) in [6.45, 7) is 0.255. The first kappa shape index (κ1) is 18.2. The Morgan fingerprint density at radius 1 is 1.04 bits per heavy atom. The summed E-state index contributed by atoms with van der Waals surface area (Å²) in [5.41, 5.74) is 2.61. The molecule has 0 amide bonds. The van der Waals surface area contributed by atoms with Crippen molar-refractivity contribution in [2.75, 3.05) is 0 Å². The molecule has 0 aliphatic heterocycles. The number of hydrogen-bond acceptors (Lipinski definition) is 3. The predicted molar refractivity (Wildman–Crippen MR) is 103 cm³/mol. The molecule has 0 saturated heterocycles. The van der Waals surface area contributed by atoms with E-state index >= 15 is 0 Å². The van der Waals surface area contributed by atoms with Gasteiger partial charge in [-0.05, 0) is 53.1 Å². The fourth-order valence-corrected chi connectivity index (χ4v) is 3.09. The van der Waals surface area contributed by atoms with Crippen LogP contribution in [-0.4, -0.2) is 5.24 Å². The fourth-order valence-electron chi connectivity index (χ4n) is 2.97. The van der Waals surface area contributed by atoms with Gasteiger partial charge in [-0.2, -0.15) is 0 Å². The third kappa shape index (κ3) is 3.49. The third-order valence-electron chi connectivity index (χ3n) is 4.35. The molecule has 4 rings (SSSR count). The van der Waals surface area contributed by atoms with E-state index in [1.807, 2.05) is 6.07 Å². The molecule has 0 saturated carbocycles. The standard InChI is InChI=1S/C22H13ClF2O3/c23-22(26)15-3-1-2-13(10-15)12-28-16-6-4-14(5-7-16)18-11-19(24)20(25)17-8-9-27-21(17)18/h1-11H,12H2. The van der Waals surface area contributed by atoms with Gasteiger partial charge in [0.15, 0.2) is 11.6 Å². The average molecular weight is 399 g/mol. The van der Waals surface area contributed by atoms with Crippen molar-refractivity contribution in [3.05, 3.63) is 89.7 Å². The van der Waals surface area contributed by atoms with E-state index in [9.17, 15) is 13.6 Å². The highest BCUT2D eigenvalue weighted by molar-refractivity contribution is 6.67. The van der Waals surface area contributed by atoms with Crippen LogP contribution in [0.4, 0.5) is 8.78 Å². The first-order valence-electron chi connectivity index (χ1n) is 8.40. The molecule has 6 heteroatoms. The minimum absolute atomic E-state index is 0.101. The number of hydrogen-bond donors (Lipinski definition) is 0. The molecule has 28 heavy (non-hydrogen) atoms. The third-order valence-corrected chi connectivity index (χ3v) is 4.57. The van der Waals surface area contributed by atoms with Crippen LogP contribution in [0.25, 0.3) is 22.1 Å². The van der Waals surface area contributed by atoms with Crippen LogP contribution in [0.5, 0.6) is 5.75 Å². The molecule has 0 atom stereocenters. The van der Waals surface area contributed by atoms with Crippen molar-refractivity contribution in [3.8, 4) is 16.9 Å². The van der Waals surface area contributed by atoms with Crippen molar-refractivity contribution >= 4 is 27.8 Å². The molecule has 1 heterocycles. The van der Waals surface area contributed by atoms with Gasteiger partial charge in [0, 0.05) is 11.1 Å². The summed E-state index contributed by atoms with van der Waals surface area (Å²) in [7, 11) is 0. The number of halogens is 3. The first-order valence-corrected chi connectivity index (χ1v) is 8.78. The van der Waals surface area contributed by atoms with Gasteiger partial charge in [0.05, 0.1) is 11.6 Å². The molecular formula is C22H13ClF2O3. The second kappa shape index (κ2) is 7.44. The second-order valence-corrected chi connectivity index (χ2v) is 6.51. The summed E-state index contributed by atoms with van der Waals surface area (Å²) >= 11 is 5.48. The van der Waals surface area contributed by atoms with Crippen molar-refractivity contribution in [1.82, 2.24) is 0 Å². The van der Waals surface area contributed by atoms with E-state index in [2.05, 4.69) is 0 Å². The number of carbonyl (C=O) groups is 1. The average Bonchev–Trinajstić information content (AvgIpc) is 3.20. The molecule has 3 aromatic carbocycles. The largest absolute Gasteiger partial charge is 0.489 e. The van der Waals surface area contributed by atoms with Crippen LogP contribution in [0.3, 0.4) is 0 Å². The van der Waals surface area contributed by atoms with Crippen LogP contribution in [0.1, 0.15) is 15.9 Å². The zero-order valence-corrected chi connectivity index (χ0v) is 15.2. The van der Waals surface area contributed by atoms with Crippen molar-refractivity contribution in [3.63, 3.8) is 0 Å². The lowest BCUT2D eigenvalue weighted by molar-refractivity contribution is 0.108. The van der Waals surface area contributed by atoms with Gasteiger partial charge in [-0.1, -0.05) is 30.3 Å². The van der Waals surface area contributed by atoms with Crippen molar-refractivity contribution < 1.29 is 22.7 Å². The Labute approximate surface area is 164 Å². The topological polar surface area (TPSA) is 39.4 Å². The lowest BCUT2D eigenvalue weighted by atomic mass is 10.0. The normalized spacial score (nSPS) is 11.0. The zero-order chi connectivity index (χ0) is 19.7. The Balaban J connectivity index is 1.55. The second-order valence-electron chi connectivity index (χ2n) is 6.17. The molecule has 0 bridgehead atoms. The quantitative estimate of drug-likeness (QED) is 0.368. The molecule has 0 aliphatic rings. The van der Waals surface area contributed by atoms with Gasteiger partial charge in [0.2, 0.25) is 0 Å². The monoisotopic (exact) mass is 398 g/mol. The maximum absolute atomic E-state index is 13.9. The van der Waals surface area contributed by atoms with E-state index in [1.165, 1.54) is 12.3 Å². The molecule has 0 radical (unpaired) electrons. The van der Waals surface area contributed by atoms with Crippen LogP contribution >= 0.6 is 11.6 Å². The summed E-state index contributed by atoms with van der Waals surface area (Å²) in [5, 5.41) is -0.425. The fraction of sp³-hybridized carbons (Fsp3) is 0.0455. The summed E-state index contributed by atoms with van der Waals surface area (Å²) in [6, 6.07) is 16.3. The highest BCUT2D eigenvalue weighted by atomic mass is 35.5. The van der Waals surface area contributed by atoms with Crippen LogP contribution in [-0.2, 0) is 6.61 Å². The van der Waals surface area contributed by atoms with Crippen molar-refractivity contribution in [2.24, 2.45) is 0 Å².